The van der Waals surface area contributed by atoms with Gasteiger partial charge >= 0.3 is 6.30 Å². The Kier molecular flexibility index (Phi) is 5.50. The minimum atomic E-state index is -4.56. The van der Waals surface area contributed by atoms with Gasteiger partial charge in [-0.2, -0.15) is 5.10 Å². The maximum Gasteiger partial charge on any atom is 0.500 e. The van der Waals surface area contributed by atoms with Gasteiger partial charge in [-0.1, -0.05) is 41.9 Å². The summed E-state index contributed by atoms with van der Waals surface area (Å²) in [5, 5.41) is 13.5. The Balaban J connectivity index is 1.96. The largest absolute Gasteiger partial charge is 0.500 e. The fourth-order valence-corrected chi connectivity index (χ4v) is 3.69. The molecule has 0 radical (unpaired) electrons. The molecule has 21 heavy (non-hydrogen) atoms. The Bertz CT molecular complexity index is 422. The van der Waals surface area contributed by atoms with Crippen LogP contribution in [0.15, 0.2) is 5.10 Å². The lowest BCUT2D eigenvalue weighted by Crippen LogP contribution is -2.33. The lowest BCUT2D eigenvalue weighted by atomic mass is 9.83. The van der Waals surface area contributed by atoms with Crippen LogP contribution in [0.2, 0.25) is 0 Å². The topological polar surface area (TPSA) is 52.9 Å². The van der Waals surface area contributed by atoms with Gasteiger partial charge in [-0.25, -0.2) is 5.01 Å². The number of aliphatic hydroxyl groups excluding tert-OH is 1. The van der Waals surface area contributed by atoms with Gasteiger partial charge in [0.15, 0.2) is 5.78 Å². The first-order valence-corrected chi connectivity index (χ1v) is 8.32. The Morgan fingerprint density at radius 1 is 1.38 bits per heavy atom. The van der Waals surface area contributed by atoms with Crippen LogP contribution in [-0.2, 0) is 4.79 Å². The SMILES string of the molecule is O=C(CC(O)C1CCCCC1)C1=NN(C(F)(F)F)CC1I. The number of ketones is 1. The first kappa shape index (κ1) is 17.0. The van der Waals surface area contributed by atoms with Crippen molar-refractivity contribution in [3.63, 3.8) is 0 Å². The first-order chi connectivity index (χ1) is 9.79. The maximum absolute atomic E-state index is 12.6. The van der Waals surface area contributed by atoms with E-state index in [1.54, 1.807) is 22.6 Å². The third-order valence-corrected chi connectivity index (χ3v) is 5.01. The lowest BCUT2D eigenvalue weighted by molar-refractivity contribution is -0.241. The monoisotopic (exact) mass is 418 g/mol. The minimum Gasteiger partial charge on any atom is -0.392 e. The van der Waals surface area contributed by atoms with Gasteiger partial charge in [0.1, 0.15) is 5.71 Å². The second-order valence-electron chi connectivity index (χ2n) is 5.60. The standard InChI is InChI=1S/C13H18F3IN2O2/c14-13(15,16)19-7-9(17)12(18-19)11(21)6-10(20)8-4-2-1-3-5-8/h8-10,20H,1-7H2. The van der Waals surface area contributed by atoms with Crippen molar-refractivity contribution >= 4 is 34.1 Å². The van der Waals surface area contributed by atoms with Gasteiger partial charge in [-0.15, -0.1) is 13.2 Å². The molecule has 1 saturated carbocycles. The normalized spacial score (nSPS) is 25.9. The van der Waals surface area contributed by atoms with Crippen LogP contribution in [0.5, 0.6) is 0 Å². The Hall–Kier alpha value is -0.380. The van der Waals surface area contributed by atoms with E-state index < -0.39 is 22.1 Å². The molecule has 0 aromatic rings. The number of aliphatic hydroxyl groups is 1. The molecule has 1 aliphatic carbocycles. The summed E-state index contributed by atoms with van der Waals surface area (Å²) in [6, 6.07) is 0. The molecule has 0 spiro atoms. The van der Waals surface area contributed by atoms with Gasteiger partial charge in [-0.05, 0) is 18.8 Å². The Morgan fingerprint density at radius 3 is 2.52 bits per heavy atom. The van der Waals surface area contributed by atoms with E-state index in [-0.39, 0.29) is 29.6 Å². The molecule has 1 heterocycles. The van der Waals surface area contributed by atoms with Crippen LogP contribution < -0.4 is 0 Å². The van der Waals surface area contributed by atoms with Gasteiger partial charge in [0.25, 0.3) is 0 Å². The summed E-state index contributed by atoms with van der Waals surface area (Å²) in [4.78, 5) is 12.1. The highest BCUT2D eigenvalue weighted by molar-refractivity contribution is 14.1. The van der Waals surface area contributed by atoms with E-state index in [4.69, 9.17) is 0 Å². The molecule has 8 heteroatoms. The highest BCUT2D eigenvalue weighted by atomic mass is 127. The third kappa shape index (κ3) is 4.30. The molecule has 2 aliphatic rings. The minimum absolute atomic E-state index is 0.00959. The number of carbonyl (C=O) groups excluding carboxylic acids is 1. The molecule has 0 aromatic carbocycles. The summed E-state index contributed by atoms with van der Waals surface area (Å²) in [6.45, 7) is -0.343. The number of hydrogen-bond acceptors (Lipinski definition) is 4. The molecule has 0 aromatic heterocycles. The highest BCUT2D eigenvalue weighted by Crippen LogP contribution is 2.30. The molecule has 120 valence electrons. The number of halogens is 4. The van der Waals surface area contributed by atoms with Crippen LogP contribution in [-0.4, -0.2) is 44.5 Å². The number of nitrogens with zero attached hydrogens (tertiary/aromatic N) is 2. The fraction of sp³-hybridized carbons (Fsp3) is 0.846. The van der Waals surface area contributed by atoms with Crippen LogP contribution >= 0.6 is 22.6 Å². The molecule has 1 fully saturated rings. The van der Waals surface area contributed by atoms with Crippen molar-refractivity contribution in [2.75, 3.05) is 6.54 Å². The Labute approximate surface area is 134 Å². The van der Waals surface area contributed by atoms with Crippen LogP contribution in [0.4, 0.5) is 13.2 Å². The highest BCUT2D eigenvalue weighted by Gasteiger charge is 2.44. The average molecular weight is 418 g/mol. The predicted molar refractivity (Wildman–Crippen MR) is 80.2 cm³/mol. The quantitative estimate of drug-likeness (QED) is 0.434. The second-order valence-corrected chi connectivity index (χ2v) is 7.10. The van der Waals surface area contributed by atoms with E-state index in [0.717, 1.165) is 32.1 Å². The lowest BCUT2D eigenvalue weighted by Gasteiger charge is -2.26. The van der Waals surface area contributed by atoms with Crippen molar-refractivity contribution in [1.29, 1.82) is 0 Å². The van der Waals surface area contributed by atoms with E-state index in [0.29, 0.717) is 0 Å². The van der Waals surface area contributed by atoms with Crippen molar-refractivity contribution in [3.8, 4) is 0 Å². The molecule has 1 aliphatic heterocycles. The van der Waals surface area contributed by atoms with E-state index in [9.17, 15) is 23.1 Å². The van der Waals surface area contributed by atoms with Gasteiger partial charge in [0.05, 0.1) is 16.6 Å². The zero-order valence-electron chi connectivity index (χ0n) is 11.4. The van der Waals surface area contributed by atoms with E-state index >= 15 is 0 Å². The predicted octanol–water partition coefficient (Wildman–Crippen LogP) is 2.88. The number of hydrogen-bond donors (Lipinski definition) is 1. The number of carbonyl (C=O) groups is 1. The van der Waals surface area contributed by atoms with E-state index in [1.807, 2.05) is 0 Å². The molecule has 0 bridgehead atoms. The number of Topliss-reactive ketones (excluding diaryl/α,β-unsaturated/α-hetero) is 1. The molecule has 2 rings (SSSR count). The molecular weight excluding hydrogens is 400 g/mol. The molecule has 1 N–H and O–H groups in total. The van der Waals surface area contributed by atoms with Crippen LogP contribution in [0.1, 0.15) is 38.5 Å². The van der Waals surface area contributed by atoms with Crippen molar-refractivity contribution in [2.45, 2.75) is 54.9 Å². The zero-order chi connectivity index (χ0) is 15.6. The van der Waals surface area contributed by atoms with Gasteiger partial charge in [0, 0.05) is 6.42 Å². The summed E-state index contributed by atoms with van der Waals surface area (Å²) in [5.41, 5.74) is -0.0808. The summed E-state index contributed by atoms with van der Waals surface area (Å²) in [7, 11) is 0. The van der Waals surface area contributed by atoms with Crippen molar-refractivity contribution in [1.82, 2.24) is 5.01 Å². The number of rotatable bonds is 4. The van der Waals surface area contributed by atoms with Gasteiger partial charge in [0.2, 0.25) is 0 Å². The first-order valence-electron chi connectivity index (χ1n) is 7.07. The van der Waals surface area contributed by atoms with Crippen molar-refractivity contribution in [3.05, 3.63) is 0 Å². The summed E-state index contributed by atoms with van der Waals surface area (Å²) in [5.74, 6) is -0.393. The van der Waals surface area contributed by atoms with Crippen LogP contribution in [0, 0.1) is 5.92 Å². The fourth-order valence-electron chi connectivity index (χ4n) is 2.84. The summed E-state index contributed by atoms with van der Waals surface area (Å²) < 4.78 is 37.1. The van der Waals surface area contributed by atoms with Crippen LogP contribution in [0.25, 0.3) is 0 Å². The average Bonchev–Trinajstić information content (AvgIpc) is 2.82. The molecular formula is C13H18F3IN2O2. The Morgan fingerprint density at radius 2 is 2.00 bits per heavy atom. The molecule has 0 amide bonds. The van der Waals surface area contributed by atoms with Gasteiger partial charge < -0.3 is 5.11 Å². The summed E-state index contributed by atoms with van der Waals surface area (Å²) in [6.07, 6.45) is -0.500. The van der Waals surface area contributed by atoms with Crippen molar-refractivity contribution < 1.29 is 23.1 Å². The van der Waals surface area contributed by atoms with Crippen LogP contribution in [0.3, 0.4) is 0 Å². The molecule has 0 saturated heterocycles. The molecule has 2 unspecified atom stereocenters. The van der Waals surface area contributed by atoms with Gasteiger partial charge in [-0.3, -0.25) is 4.79 Å². The third-order valence-electron chi connectivity index (χ3n) is 4.03. The van der Waals surface area contributed by atoms with E-state index in [2.05, 4.69) is 5.10 Å². The second kappa shape index (κ2) is 6.80. The zero-order valence-corrected chi connectivity index (χ0v) is 13.6. The van der Waals surface area contributed by atoms with Crippen molar-refractivity contribution in [2.24, 2.45) is 11.0 Å². The van der Waals surface area contributed by atoms with E-state index in [1.165, 1.54) is 0 Å². The molecule has 2 atom stereocenters. The number of alkyl halides is 4. The summed E-state index contributed by atoms with van der Waals surface area (Å²) >= 11 is 1.79. The maximum atomic E-state index is 12.6. The molecule has 4 nitrogen and oxygen atoms in total. The number of hydrazone groups is 1. The smallest absolute Gasteiger partial charge is 0.392 e.